The molecule has 0 aromatic heterocycles. The summed E-state index contributed by atoms with van der Waals surface area (Å²) < 4.78 is 5.65. The Morgan fingerprint density at radius 3 is 2.57 bits per heavy atom. The second kappa shape index (κ2) is 7.56. The van der Waals surface area contributed by atoms with E-state index in [2.05, 4.69) is 31.0 Å². The predicted molar refractivity (Wildman–Crippen MR) is 83.9 cm³/mol. The molecule has 5 heteroatoms. The number of rotatable bonds is 5. The van der Waals surface area contributed by atoms with Crippen LogP contribution in [-0.2, 0) is 9.53 Å². The van der Waals surface area contributed by atoms with Crippen LogP contribution in [0, 0.1) is 11.8 Å². The van der Waals surface area contributed by atoms with Crippen molar-refractivity contribution in [1.29, 1.82) is 0 Å². The number of hydrogen-bond acceptors (Lipinski definition) is 4. The minimum Gasteiger partial charge on any atom is -0.364 e. The molecule has 0 aromatic carbocycles. The Hall–Kier alpha value is -0.650. The number of nitrogens with zero attached hydrogens (tertiary/aromatic N) is 1. The SMILES string of the molecule is CC1CC(C)CN(CC(C)NC(=O)[C@@H]2CC[C@H](CN)O2)C1. The third-order valence-corrected chi connectivity index (χ3v) is 4.53. The van der Waals surface area contributed by atoms with Crippen LogP contribution in [0.1, 0.15) is 40.0 Å². The van der Waals surface area contributed by atoms with E-state index < -0.39 is 0 Å². The zero-order valence-corrected chi connectivity index (χ0v) is 13.7. The highest BCUT2D eigenvalue weighted by Crippen LogP contribution is 2.21. The fourth-order valence-electron chi connectivity index (χ4n) is 3.78. The highest BCUT2D eigenvalue weighted by Gasteiger charge is 2.31. The summed E-state index contributed by atoms with van der Waals surface area (Å²) in [6, 6.07) is 0.163. The van der Waals surface area contributed by atoms with Crippen LogP contribution in [0.5, 0.6) is 0 Å². The molecule has 0 radical (unpaired) electrons. The van der Waals surface area contributed by atoms with E-state index in [0.29, 0.717) is 6.54 Å². The fourth-order valence-corrected chi connectivity index (χ4v) is 3.78. The lowest BCUT2D eigenvalue weighted by molar-refractivity contribution is -0.132. The Balaban J connectivity index is 1.74. The second-order valence-corrected chi connectivity index (χ2v) is 7.13. The van der Waals surface area contributed by atoms with Crippen molar-refractivity contribution < 1.29 is 9.53 Å². The molecule has 1 amide bonds. The van der Waals surface area contributed by atoms with Crippen LogP contribution in [0.4, 0.5) is 0 Å². The molecule has 2 saturated heterocycles. The van der Waals surface area contributed by atoms with Crippen LogP contribution < -0.4 is 11.1 Å². The van der Waals surface area contributed by atoms with Gasteiger partial charge in [0.25, 0.3) is 0 Å². The molecular formula is C16H31N3O2. The lowest BCUT2D eigenvalue weighted by atomic mass is 9.92. The average molecular weight is 297 g/mol. The fraction of sp³-hybridized carbons (Fsp3) is 0.938. The minimum absolute atomic E-state index is 0.0246. The van der Waals surface area contributed by atoms with E-state index in [1.807, 2.05) is 0 Å². The van der Waals surface area contributed by atoms with Crippen LogP contribution in [0.2, 0.25) is 0 Å². The quantitative estimate of drug-likeness (QED) is 0.794. The third-order valence-electron chi connectivity index (χ3n) is 4.53. The monoisotopic (exact) mass is 297 g/mol. The number of ether oxygens (including phenoxy) is 1. The Morgan fingerprint density at radius 1 is 1.33 bits per heavy atom. The zero-order valence-electron chi connectivity index (χ0n) is 13.7. The van der Waals surface area contributed by atoms with Crippen molar-refractivity contribution in [3.63, 3.8) is 0 Å². The van der Waals surface area contributed by atoms with Crippen LogP contribution in [0.15, 0.2) is 0 Å². The zero-order chi connectivity index (χ0) is 15.4. The Morgan fingerprint density at radius 2 is 2.00 bits per heavy atom. The Labute approximate surface area is 128 Å². The van der Waals surface area contributed by atoms with Crippen molar-refractivity contribution in [3.8, 4) is 0 Å². The van der Waals surface area contributed by atoms with Gasteiger partial charge < -0.3 is 20.7 Å². The number of nitrogens with one attached hydrogen (secondary N) is 1. The number of piperidine rings is 1. The molecule has 2 aliphatic rings. The molecule has 0 bridgehead atoms. The molecule has 21 heavy (non-hydrogen) atoms. The number of nitrogens with two attached hydrogens (primary N) is 1. The van der Waals surface area contributed by atoms with Crippen LogP contribution in [-0.4, -0.2) is 55.2 Å². The largest absolute Gasteiger partial charge is 0.364 e. The van der Waals surface area contributed by atoms with Gasteiger partial charge in [0, 0.05) is 32.2 Å². The maximum atomic E-state index is 12.2. The first-order chi connectivity index (χ1) is 9.97. The van der Waals surface area contributed by atoms with Gasteiger partial charge in [0.05, 0.1) is 6.10 Å². The third kappa shape index (κ3) is 4.94. The van der Waals surface area contributed by atoms with E-state index in [1.54, 1.807) is 0 Å². The lowest BCUT2D eigenvalue weighted by Crippen LogP contribution is -2.49. The molecule has 2 aliphatic heterocycles. The van der Waals surface area contributed by atoms with Gasteiger partial charge in [-0.2, -0.15) is 0 Å². The van der Waals surface area contributed by atoms with Gasteiger partial charge in [-0.25, -0.2) is 0 Å². The molecule has 3 N–H and O–H groups in total. The summed E-state index contributed by atoms with van der Waals surface area (Å²) in [7, 11) is 0. The number of likely N-dealkylation sites (tertiary alicyclic amines) is 1. The highest BCUT2D eigenvalue weighted by atomic mass is 16.5. The first kappa shape index (κ1) is 16.7. The summed E-state index contributed by atoms with van der Waals surface area (Å²) in [6.45, 7) is 10.4. The van der Waals surface area contributed by atoms with Gasteiger partial charge in [0.15, 0.2) is 0 Å². The summed E-state index contributed by atoms with van der Waals surface area (Å²) in [5, 5.41) is 3.10. The van der Waals surface area contributed by atoms with Gasteiger partial charge in [0.2, 0.25) is 5.91 Å². The van der Waals surface area contributed by atoms with Crippen LogP contribution >= 0.6 is 0 Å². The number of amides is 1. The smallest absolute Gasteiger partial charge is 0.249 e. The van der Waals surface area contributed by atoms with Crippen LogP contribution in [0.3, 0.4) is 0 Å². The molecule has 3 unspecified atom stereocenters. The van der Waals surface area contributed by atoms with E-state index in [1.165, 1.54) is 6.42 Å². The molecule has 0 spiro atoms. The van der Waals surface area contributed by atoms with Crippen molar-refractivity contribution in [3.05, 3.63) is 0 Å². The average Bonchev–Trinajstić information content (AvgIpc) is 2.85. The molecule has 2 heterocycles. The van der Waals surface area contributed by atoms with Crippen molar-refractivity contribution in [1.82, 2.24) is 10.2 Å². The normalized spacial score (nSPS) is 35.6. The Kier molecular flexibility index (Phi) is 6.02. The molecule has 122 valence electrons. The highest BCUT2D eigenvalue weighted by molar-refractivity contribution is 5.81. The predicted octanol–water partition coefficient (Wildman–Crippen LogP) is 0.975. The molecule has 5 atom stereocenters. The molecule has 0 aromatic rings. The first-order valence-electron chi connectivity index (χ1n) is 8.36. The molecule has 2 rings (SSSR count). The van der Waals surface area contributed by atoms with Gasteiger partial charge in [-0.05, 0) is 38.0 Å². The van der Waals surface area contributed by atoms with E-state index in [-0.39, 0.29) is 24.2 Å². The van der Waals surface area contributed by atoms with Crippen molar-refractivity contribution >= 4 is 5.91 Å². The lowest BCUT2D eigenvalue weighted by Gasteiger charge is -2.36. The molecular weight excluding hydrogens is 266 g/mol. The number of hydrogen-bond donors (Lipinski definition) is 2. The topological polar surface area (TPSA) is 67.6 Å². The van der Waals surface area contributed by atoms with E-state index in [9.17, 15) is 4.79 Å². The maximum absolute atomic E-state index is 12.2. The van der Waals surface area contributed by atoms with E-state index in [0.717, 1.165) is 44.3 Å². The molecule has 0 saturated carbocycles. The second-order valence-electron chi connectivity index (χ2n) is 7.13. The van der Waals surface area contributed by atoms with E-state index >= 15 is 0 Å². The van der Waals surface area contributed by atoms with Gasteiger partial charge in [-0.15, -0.1) is 0 Å². The standard InChI is InChI=1S/C16H31N3O2/c1-11-6-12(2)9-19(8-11)10-13(3)18-16(20)15-5-4-14(7-17)21-15/h11-15H,4-10,17H2,1-3H3,(H,18,20)/t11?,12?,13?,14-,15+/m1/s1. The summed E-state index contributed by atoms with van der Waals surface area (Å²) in [5.41, 5.74) is 5.58. The maximum Gasteiger partial charge on any atom is 0.249 e. The number of carbonyl (C=O) groups is 1. The van der Waals surface area contributed by atoms with Gasteiger partial charge in [-0.1, -0.05) is 13.8 Å². The molecule has 5 nitrogen and oxygen atoms in total. The number of carbonyl (C=O) groups excluding carboxylic acids is 1. The van der Waals surface area contributed by atoms with E-state index in [4.69, 9.17) is 10.5 Å². The van der Waals surface area contributed by atoms with Gasteiger partial charge in [-0.3, -0.25) is 4.79 Å². The molecule has 0 aliphatic carbocycles. The van der Waals surface area contributed by atoms with Gasteiger partial charge >= 0.3 is 0 Å². The summed E-state index contributed by atoms with van der Waals surface area (Å²) in [5.74, 6) is 1.52. The van der Waals surface area contributed by atoms with Crippen molar-refractivity contribution in [2.75, 3.05) is 26.2 Å². The summed E-state index contributed by atoms with van der Waals surface area (Å²) in [4.78, 5) is 14.7. The van der Waals surface area contributed by atoms with Crippen molar-refractivity contribution in [2.45, 2.75) is 58.3 Å². The summed E-state index contributed by atoms with van der Waals surface area (Å²) >= 11 is 0. The van der Waals surface area contributed by atoms with Crippen molar-refractivity contribution in [2.24, 2.45) is 17.6 Å². The van der Waals surface area contributed by atoms with Gasteiger partial charge in [0.1, 0.15) is 6.10 Å². The van der Waals surface area contributed by atoms with Crippen LogP contribution in [0.25, 0.3) is 0 Å². The minimum atomic E-state index is -0.305. The molecule has 2 fully saturated rings. The first-order valence-corrected chi connectivity index (χ1v) is 8.36. The summed E-state index contributed by atoms with van der Waals surface area (Å²) in [6.07, 6.45) is 2.75. The Bertz CT molecular complexity index is 340.